The van der Waals surface area contributed by atoms with Crippen LogP contribution in [0.4, 0.5) is 0 Å². The molecule has 0 unspecified atom stereocenters. The van der Waals surface area contributed by atoms with Gasteiger partial charge < -0.3 is 8.98 Å². The van der Waals surface area contributed by atoms with Gasteiger partial charge in [0.25, 0.3) is 0 Å². The highest BCUT2D eigenvalue weighted by molar-refractivity contribution is 6.23. The lowest BCUT2D eigenvalue weighted by atomic mass is 10.1. The first-order chi connectivity index (χ1) is 32.4. The fourth-order valence-corrected chi connectivity index (χ4v) is 6.75. The summed E-state index contributed by atoms with van der Waals surface area (Å²) in [5.41, 5.74) is -0.0727. The molecule has 0 saturated carbocycles. The summed E-state index contributed by atoms with van der Waals surface area (Å²) in [6.07, 6.45) is 0. The number of aromatic nitrogens is 5. The van der Waals surface area contributed by atoms with Crippen molar-refractivity contribution in [2.24, 2.45) is 0 Å². The van der Waals surface area contributed by atoms with E-state index in [4.69, 9.17) is 33.6 Å². The normalized spacial score (nSPS) is 16.6. The first-order valence-electron chi connectivity index (χ1n) is 24.2. The summed E-state index contributed by atoms with van der Waals surface area (Å²) in [5.74, 6) is -1.26. The average molecular weight is 671 g/mol. The van der Waals surface area contributed by atoms with Gasteiger partial charge in [-0.15, -0.1) is 0 Å². The van der Waals surface area contributed by atoms with Crippen LogP contribution in [0.15, 0.2) is 168 Å². The van der Waals surface area contributed by atoms with E-state index in [1.807, 2.05) is 24.3 Å². The minimum absolute atomic E-state index is 0.142. The Hall–Kier alpha value is -7.05. The Balaban J connectivity index is 1.34. The third-order valence-corrected chi connectivity index (χ3v) is 8.84. The Bertz CT molecular complexity index is 4000. The lowest BCUT2D eigenvalue weighted by Gasteiger charge is -2.13. The molecule has 7 aromatic carbocycles. The highest BCUT2D eigenvalue weighted by atomic mass is 16.3. The Kier molecular flexibility index (Phi) is 3.39. The molecule has 0 fully saturated rings. The molecule has 0 spiro atoms. The van der Waals surface area contributed by atoms with Gasteiger partial charge in [0.15, 0.2) is 11.6 Å². The molecule has 0 bridgehead atoms. The molecule has 0 saturated heterocycles. The fourth-order valence-electron chi connectivity index (χ4n) is 6.75. The van der Waals surface area contributed by atoms with Crippen LogP contribution in [-0.4, -0.2) is 24.1 Å². The largest absolute Gasteiger partial charge is 0.456 e. The van der Waals surface area contributed by atoms with E-state index in [-0.39, 0.29) is 33.6 Å². The summed E-state index contributed by atoms with van der Waals surface area (Å²) in [6.45, 7) is 0. The SMILES string of the molecule is [2H]c1c([2H])c([2H])c(-c2nc(-c3c([2H])c([2H])c([2H])c([2H])c3[2H])nc(-n3c4ccccc4c4ccc5c6ccccc6n(-c6c([2H])c([2H])c7c(oc8c([2H])c([2H])c([2H])c([2H])c87)c6[2H])c5c43)n2)c([2H])c1[2H]. The number of benzene rings is 7. The van der Waals surface area contributed by atoms with E-state index in [9.17, 15) is 4.11 Å². The summed E-state index contributed by atoms with van der Waals surface area (Å²) in [4.78, 5) is 14.0. The lowest BCUT2D eigenvalue weighted by molar-refractivity contribution is 0.668. The summed E-state index contributed by atoms with van der Waals surface area (Å²) >= 11 is 0. The zero-order valence-electron chi connectivity index (χ0n) is 42.9. The van der Waals surface area contributed by atoms with Crippen molar-refractivity contribution < 1.29 is 27.7 Å². The molecular formula is C45H27N5O. The predicted molar refractivity (Wildman–Crippen MR) is 207 cm³/mol. The van der Waals surface area contributed by atoms with Crippen molar-refractivity contribution in [3.05, 3.63) is 163 Å². The Morgan fingerprint density at radius 3 is 1.67 bits per heavy atom. The van der Waals surface area contributed by atoms with Crippen LogP contribution in [0.1, 0.15) is 23.3 Å². The van der Waals surface area contributed by atoms with Crippen molar-refractivity contribution in [2.45, 2.75) is 0 Å². The number of fused-ring (bicyclic) bond motifs is 10. The Labute approximate surface area is 315 Å². The monoisotopic (exact) mass is 670 g/mol. The van der Waals surface area contributed by atoms with E-state index >= 15 is 0 Å². The predicted octanol–water partition coefficient (Wildman–Crippen LogP) is 11.3. The van der Waals surface area contributed by atoms with Gasteiger partial charge in [-0.1, -0.05) is 127 Å². The van der Waals surface area contributed by atoms with Gasteiger partial charge >= 0.3 is 0 Å². The second-order valence-corrected chi connectivity index (χ2v) is 11.6. The van der Waals surface area contributed by atoms with Gasteiger partial charge in [-0.05, 0) is 30.3 Å². The summed E-state index contributed by atoms with van der Waals surface area (Å²) in [6, 6.07) is 7.37. The van der Waals surface area contributed by atoms with E-state index in [1.165, 1.54) is 0 Å². The van der Waals surface area contributed by atoms with Gasteiger partial charge in [0.05, 0.1) is 51.1 Å². The summed E-state index contributed by atoms with van der Waals surface area (Å²) in [5, 5.41) is 2.09. The van der Waals surface area contributed by atoms with Crippen molar-refractivity contribution in [3.8, 4) is 34.4 Å². The molecule has 0 N–H and O–H groups in total. The van der Waals surface area contributed by atoms with Gasteiger partial charge in [-0.2, -0.15) is 9.97 Å². The zero-order chi connectivity index (χ0) is 48.3. The molecule has 0 aliphatic heterocycles. The molecule has 0 radical (unpaired) electrons. The molecule has 0 aliphatic carbocycles. The van der Waals surface area contributed by atoms with Crippen LogP contribution < -0.4 is 0 Å². The smallest absolute Gasteiger partial charge is 0.238 e. The number of rotatable bonds is 4. The van der Waals surface area contributed by atoms with Crippen LogP contribution in [0.5, 0.6) is 0 Å². The average Bonchev–Trinajstić information content (AvgIpc) is 4.01. The topological polar surface area (TPSA) is 61.7 Å². The Morgan fingerprint density at radius 1 is 0.451 bits per heavy atom. The number of para-hydroxylation sites is 3. The number of furan rings is 1. The van der Waals surface area contributed by atoms with Crippen molar-refractivity contribution in [1.29, 1.82) is 0 Å². The van der Waals surface area contributed by atoms with Gasteiger partial charge in [0.2, 0.25) is 5.95 Å². The standard InChI is InChI=1S/C45H27N5O/c1-3-13-28(14-4-1)43-46-44(29-15-5-2-6-16-29)48-45(47-43)50-38-21-11-8-18-32(38)36-26-25-35-31-17-7-10-20-37(31)49(41(35)42(36)50)30-23-24-34-33-19-9-12-22-39(33)51-40(34)27-30/h1-27H/i1D,2D,3D,4D,5D,6D,9D,12D,13D,14D,15D,16D,19D,22D,23D,24D,27D. The van der Waals surface area contributed by atoms with E-state index in [2.05, 4.69) is 4.98 Å². The fraction of sp³-hybridized carbons (Fsp3) is 0. The number of hydrogen-bond acceptors (Lipinski definition) is 4. The second-order valence-electron chi connectivity index (χ2n) is 11.6. The third-order valence-electron chi connectivity index (χ3n) is 8.84. The van der Waals surface area contributed by atoms with E-state index < -0.39 is 125 Å². The van der Waals surface area contributed by atoms with Crippen LogP contribution in [0, 0.1) is 0 Å². The summed E-state index contributed by atoms with van der Waals surface area (Å²) < 4.78 is 158. The van der Waals surface area contributed by atoms with Crippen LogP contribution in [0.25, 0.3) is 100.0 Å². The van der Waals surface area contributed by atoms with Crippen molar-refractivity contribution >= 4 is 65.6 Å². The van der Waals surface area contributed by atoms with Crippen molar-refractivity contribution in [1.82, 2.24) is 24.1 Å². The van der Waals surface area contributed by atoms with Crippen LogP contribution in [-0.2, 0) is 0 Å². The van der Waals surface area contributed by atoms with Gasteiger partial charge in [0, 0.05) is 49.5 Å². The van der Waals surface area contributed by atoms with Gasteiger partial charge in [0.1, 0.15) is 11.2 Å². The maximum Gasteiger partial charge on any atom is 0.238 e. The Morgan fingerprint density at radius 2 is 1.00 bits per heavy atom. The van der Waals surface area contributed by atoms with Crippen molar-refractivity contribution in [3.63, 3.8) is 0 Å². The molecule has 0 aliphatic rings. The molecule has 0 atom stereocenters. The summed E-state index contributed by atoms with van der Waals surface area (Å²) in [7, 11) is 0. The van der Waals surface area contributed by atoms with E-state index in [0.29, 0.717) is 43.6 Å². The molecule has 0 amide bonds. The highest BCUT2D eigenvalue weighted by Crippen LogP contribution is 2.42. The molecule has 51 heavy (non-hydrogen) atoms. The molecule has 11 aromatic rings. The molecule has 6 nitrogen and oxygen atoms in total. The molecule has 238 valence electrons. The maximum atomic E-state index is 9.71. The van der Waals surface area contributed by atoms with Crippen LogP contribution in [0.3, 0.4) is 0 Å². The minimum Gasteiger partial charge on any atom is -0.456 e. The van der Waals surface area contributed by atoms with E-state index in [0.717, 1.165) is 0 Å². The first-order valence-corrected chi connectivity index (χ1v) is 15.7. The third kappa shape index (κ3) is 4.14. The lowest BCUT2D eigenvalue weighted by Crippen LogP contribution is -2.07. The van der Waals surface area contributed by atoms with Crippen LogP contribution >= 0.6 is 0 Å². The van der Waals surface area contributed by atoms with Crippen LogP contribution in [0.2, 0.25) is 0 Å². The maximum absolute atomic E-state index is 9.71. The van der Waals surface area contributed by atoms with Gasteiger partial charge in [-0.3, -0.25) is 4.57 Å². The quantitative estimate of drug-likeness (QED) is 0.187. The molecule has 11 rings (SSSR count). The molecule has 6 heteroatoms. The highest BCUT2D eigenvalue weighted by Gasteiger charge is 2.23. The van der Waals surface area contributed by atoms with Crippen molar-refractivity contribution in [2.75, 3.05) is 0 Å². The van der Waals surface area contributed by atoms with Gasteiger partial charge in [-0.25, -0.2) is 4.98 Å². The molecule has 4 heterocycles. The van der Waals surface area contributed by atoms with E-state index in [1.54, 1.807) is 45.5 Å². The minimum atomic E-state index is -0.707. The second kappa shape index (κ2) is 10.7. The number of nitrogens with zero attached hydrogens (tertiary/aromatic N) is 5. The molecule has 4 aromatic heterocycles. The first kappa shape index (κ1) is 16.1. The zero-order valence-corrected chi connectivity index (χ0v) is 25.9. The molecular weight excluding hydrogens is 627 g/mol. The number of hydrogen-bond donors (Lipinski definition) is 0.